The Kier molecular flexibility index (Phi) is 6.24. The van der Waals surface area contributed by atoms with E-state index in [0.29, 0.717) is 17.0 Å². The van der Waals surface area contributed by atoms with Gasteiger partial charge in [0, 0.05) is 28.2 Å². The van der Waals surface area contributed by atoms with Crippen LogP contribution in [0, 0.1) is 6.92 Å². The van der Waals surface area contributed by atoms with Crippen LogP contribution in [0.15, 0.2) is 89.6 Å². The zero-order valence-corrected chi connectivity index (χ0v) is 20.8. The number of rotatable bonds is 6. The minimum atomic E-state index is -0.611. The molecule has 0 spiro atoms. The molecule has 37 heavy (non-hydrogen) atoms. The third-order valence-electron chi connectivity index (χ3n) is 6.53. The van der Waals surface area contributed by atoms with Gasteiger partial charge in [0.2, 0.25) is 5.91 Å². The van der Waals surface area contributed by atoms with E-state index >= 15 is 0 Å². The first-order chi connectivity index (χ1) is 17.9. The Balaban J connectivity index is 1.57. The van der Waals surface area contributed by atoms with E-state index in [1.54, 1.807) is 37.6 Å². The van der Waals surface area contributed by atoms with Gasteiger partial charge in [-0.1, -0.05) is 48.5 Å². The fourth-order valence-corrected chi connectivity index (χ4v) is 4.70. The van der Waals surface area contributed by atoms with E-state index in [0.717, 1.165) is 38.6 Å². The number of fused-ring (bicyclic) bond motifs is 2. The molecule has 0 aliphatic rings. The third-order valence-corrected chi connectivity index (χ3v) is 6.53. The minimum Gasteiger partial charge on any atom is -0.496 e. The van der Waals surface area contributed by atoms with Gasteiger partial charge < -0.3 is 20.2 Å². The number of aryl methyl sites for hydroxylation is 1. The number of carbonyl (C=O) groups is 2. The van der Waals surface area contributed by atoms with Crippen LogP contribution in [0.25, 0.3) is 38.4 Å². The van der Waals surface area contributed by atoms with Gasteiger partial charge in [-0.25, -0.2) is 0 Å². The first-order valence-electron chi connectivity index (χ1n) is 11.8. The largest absolute Gasteiger partial charge is 0.496 e. The van der Waals surface area contributed by atoms with Gasteiger partial charge >= 0.3 is 0 Å². The first-order valence-corrected chi connectivity index (χ1v) is 11.8. The molecule has 0 saturated heterocycles. The van der Waals surface area contributed by atoms with E-state index in [1.165, 1.54) is 11.5 Å². The molecule has 0 aliphatic carbocycles. The Labute approximate surface area is 214 Å². The monoisotopic (exact) mass is 490 g/mol. The lowest BCUT2D eigenvalue weighted by molar-refractivity contribution is -0.111. The standard InChI is InChI=1S/C31H26N2O4/c1-18(14-28(34)33-27-11-7-6-10-23(27)31(32)35)24-16-25-26(17-37-30(25)19(2)29(24)36-3)22-13-12-20-8-4-5-9-21(20)15-22/h4-17H,1-3H3,(H2,32,35)(H,33,34)/b18-14+. The number of carbonyl (C=O) groups excluding carboxylic acids is 2. The second-order valence-electron chi connectivity index (χ2n) is 8.90. The maximum atomic E-state index is 12.9. The highest BCUT2D eigenvalue weighted by Gasteiger charge is 2.19. The van der Waals surface area contributed by atoms with Gasteiger partial charge in [0.25, 0.3) is 5.91 Å². The van der Waals surface area contributed by atoms with Crippen LogP contribution in [-0.4, -0.2) is 18.9 Å². The van der Waals surface area contributed by atoms with E-state index in [1.807, 2.05) is 32.0 Å². The number of hydrogen-bond donors (Lipinski definition) is 2. The summed E-state index contributed by atoms with van der Waals surface area (Å²) in [6.07, 6.45) is 3.24. The summed E-state index contributed by atoms with van der Waals surface area (Å²) in [7, 11) is 1.60. The van der Waals surface area contributed by atoms with E-state index in [2.05, 4.69) is 35.6 Å². The number of anilines is 1. The van der Waals surface area contributed by atoms with Gasteiger partial charge in [0.1, 0.15) is 11.3 Å². The lowest BCUT2D eigenvalue weighted by Gasteiger charge is -2.14. The average Bonchev–Trinajstić information content (AvgIpc) is 3.33. The van der Waals surface area contributed by atoms with Gasteiger partial charge in [-0.3, -0.25) is 9.59 Å². The topological polar surface area (TPSA) is 94.6 Å². The van der Waals surface area contributed by atoms with Crippen molar-refractivity contribution >= 4 is 44.8 Å². The molecule has 0 saturated carbocycles. The quantitative estimate of drug-likeness (QED) is 0.259. The molecule has 5 rings (SSSR count). The molecule has 0 fully saturated rings. The third kappa shape index (κ3) is 4.45. The molecule has 0 atom stereocenters. The summed E-state index contributed by atoms with van der Waals surface area (Å²) in [5.41, 5.74) is 11.1. The van der Waals surface area contributed by atoms with Crippen LogP contribution in [-0.2, 0) is 4.79 Å². The smallest absolute Gasteiger partial charge is 0.250 e. The number of furan rings is 1. The maximum absolute atomic E-state index is 12.9. The van der Waals surface area contributed by atoms with Gasteiger partial charge in [0.15, 0.2) is 0 Å². The van der Waals surface area contributed by atoms with Crippen molar-refractivity contribution in [2.75, 3.05) is 12.4 Å². The summed E-state index contributed by atoms with van der Waals surface area (Å²) in [4.78, 5) is 24.6. The van der Waals surface area contributed by atoms with Crippen LogP contribution in [0.4, 0.5) is 5.69 Å². The highest BCUT2D eigenvalue weighted by atomic mass is 16.5. The molecule has 184 valence electrons. The van der Waals surface area contributed by atoms with Crippen molar-refractivity contribution in [2.24, 2.45) is 5.73 Å². The Morgan fingerprint density at radius 2 is 1.68 bits per heavy atom. The number of allylic oxidation sites excluding steroid dienone is 1. The van der Waals surface area contributed by atoms with Crippen molar-refractivity contribution in [3.05, 3.63) is 102 Å². The van der Waals surface area contributed by atoms with Gasteiger partial charge in [-0.15, -0.1) is 0 Å². The van der Waals surface area contributed by atoms with Crippen LogP contribution in [0.3, 0.4) is 0 Å². The van der Waals surface area contributed by atoms with Crippen LogP contribution in [0.2, 0.25) is 0 Å². The molecule has 4 aromatic carbocycles. The van der Waals surface area contributed by atoms with Crippen LogP contribution in [0.1, 0.15) is 28.4 Å². The fraction of sp³-hybridized carbons (Fsp3) is 0.0968. The summed E-state index contributed by atoms with van der Waals surface area (Å²) >= 11 is 0. The summed E-state index contributed by atoms with van der Waals surface area (Å²) in [5.74, 6) is -0.362. The molecular formula is C31H26N2O4. The van der Waals surface area contributed by atoms with E-state index in [4.69, 9.17) is 14.9 Å². The lowest BCUT2D eigenvalue weighted by atomic mass is 9.95. The highest BCUT2D eigenvalue weighted by Crippen LogP contribution is 2.41. The SMILES string of the molecule is COc1c(/C(C)=C/C(=O)Nc2ccccc2C(N)=O)cc2c(-c3ccc4ccccc4c3)coc2c1C. The molecule has 2 amide bonds. The summed E-state index contributed by atoms with van der Waals surface area (Å²) in [5, 5.41) is 5.99. The molecular weight excluding hydrogens is 464 g/mol. The van der Waals surface area contributed by atoms with Crippen molar-refractivity contribution < 1.29 is 18.7 Å². The number of hydrogen-bond acceptors (Lipinski definition) is 4. The number of primary amides is 1. The molecule has 0 aliphatic heterocycles. The Morgan fingerprint density at radius 1 is 0.946 bits per heavy atom. The molecule has 6 heteroatoms. The molecule has 5 aromatic rings. The maximum Gasteiger partial charge on any atom is 0.250 e. The Bertz CT molecular complexity index is 1710. The minimum absolute atomic E-state index is 0.246. The molecule has 1 aromatic heterocycles. The second kappa shape index (κ2) is 9.66. The predicted octanol–water partition coefficient (Wildman–Crippen LogP) is 6.71. The molecule has 0 radical (unpaired) electrons. The van der Waals surface area contributed by atoms with Crippen molar-refractivity contribution in [1.29, 1.82) is 0 Å². The fourth-order valence-electron chi connectivity index (χ4n) is 4.70. The first kappa shape index (κ1) is 23.9. The number of methoxy groups -OCH3 is 1. The van der Waals surface area contributed by atoms with Gasteiger partial charge in [-0.05, 0) is 60.0 Å². The Morgan fingerprint density at radius 3 is 2.43 bits per heavy atom. The number of benzene rings is 4. The molecule has 3 N–H and O–H groups in total. The Hall–Kier alpha value is -4.84. The summed E-state index contributed by atoms with van der Waals surface area (Å²) in [6.45, 7) is 3.78. The molecule has 1 heterocycles. The molecule has 0 unspecified atom stereocenters. The summed E-state index contributed by atoms with van der Waals surface area (Å²) < 4.78 is 11.7. The highest BCUT2D eigenvalue weighted by molar-refractivity contribution is 6.09. The average molecular weight is 491 g/mol. The van der Waals surface area contributed by atoms with Crippen LogP contribution in [0.5, 0.6) is 5.75 Å². The number of nitrogens with one attached hydrogen (secondary N) is 1. The summed E-state index contributed by atoms with van der Waals surface area (Å²) in [6, 6.07) is 23.2. The number of nitrogens with two attached hydrogens (primary N) is 1. The van der Waals surface area contributed by atoms with Crippen molar-refractivity contribution in [3.63, 3.8) is 0 Å². The second-order valence-corrected chi connectivity index (χ2v) is 8.90. The number of para-hydroxylation sites is 1. The number of ether oxygens (including phenoxy) is 1. The normalized spacial score (nSPS) is 11.6. The van der Waals surface area contributed by atoms with Gasteiger partial charge in [-0.2, -0.15) is 0 Å². The van der Waals surface area contributed by atoms with Crippen LogP contribution >= 0.6 is 0 Å². The van der Waals surface area contributed by atoms with Crippen molar-refractivity contribution in [2.45, 2.75) is 13.8 Å². The van der Waals surface area contributed by atoms with Crippen molar-refractivity contribution in [3.8, 4) is 16.9 Å². The molecule has 6 nitrogen and oxygen atoms in total. The molecule has 0 bridgehead atoms. The predicted molar refractivity (Wildman–Crippen MR) is 148 cm³/mol. The number of amides is 2. The van der Waals surface area contributed by atoms with E-state index in [-0.39, 0.29) is 11.5 Å². The lowest BCUT2D eigenvalue weighted by Crippen LogP contribution is -2.17. The zero-order chi connectivity index (χ0) is 26.1. The van der Waals surface area contributed by atoms with Gasteiger partial charge in [0.05, 0.1) is 24.6 Å². The van der Waals surface area contributed by atoms with E-state index in [9.17, 15) is 9.59 Å². The van der Waals surface area contributed by atoms with E-state index < -0.39 is 5.91 Å². The van der Waals surface area contributed by atoms with Crippen molar-refractivity contribution in [1.82, 2.24) is 0 Å². The zero-order valence-electron chi connectivity index (χ0n) is 20.8. The van der Waals surface area contributed by atoms with Crippen LogP contribution < -0.4 is 15.8 Å².